The van der Waals surface area contributed by atoms with E-state index in [4.69, 9.17) is 4.74 Å². The normalized spacial score (nSPS) is 23.0. The number of aromatic nitrogens is 1. The number of methoxy groups -OCH3 is 1. The summed E-state index contributed by atoms with van der Waals surface area (Å²) < 4.78 is 47.7. The molecule has 0 bridgehead atoms. The van der Waals surface area contributed by atoms with E-state index in [0.717, 1.165) is 12.8 Å². The van der Waals surface area contributed by atoms with Crippen LogP contribution in [0.25, 0.3) is 11.1 Å². The van der Waals surface area contributed by atoms with Crippen molar-refractivity contribution in [3.63, 3.8) is 0 Å². The molecular weight excluding hydrogens is 407 g/mol. The van der Waals surface area contributed by atoms with Crippen LogP contribution in [0.5, 0.6) is 0 Å². The van der Waals surface area contributed by atoms with Crippen molar-refractivity contribution in [2.24, 2.45) is 5.92 Å². The van der Waals surface area contributed by atoms with E-state index in [0.29, 0.717) is 18.4 Å². The minimum Gasteiger partial charge on any atom is -0.381 e. The molecule has 2 fully saturated rings. The highest BCUT2D eigenvalue weighted by Crippen LogP contribution is 2.40. The highest BCUT2D eigenvalue weighted by atomic mass is 19.3. The van der Waals surface area contributed by atoms with Crippen molar-refractivity contribution in [2.75, 3.05) is 30.4 Å². The van der Waals surface area contributed by atoms with E-state index in [1.807, 2.05) is 0 Å². The van der Waals surface area contributed by atoms with Crippen LogP contribution in [0.2, 0.25) is 0 Å². The van der Waals surface area contributed by atoms with E-state index >= 15 is 0 Å². The van der Waals surface area contributed by atoms with Crippen molar-refractivity contribution in [3.8, 4) is 11.1 Å². The summed E-state index contributed by atoms with van der Waals surface area (Å²) in [5, 5.41) is 2.92. The number of pyridine rings is 1. The average molecular weight is 433 g/mol. The first-order valence-electron chi connectivity index (χ1n) is 10.6. The SMILES string of the molecule is CO[C@H]1CC[C@H](C(=O)Nc2c(-c3ccccc3F)ccnc2N2CCC(F)(F)C2)CC1. The molecule has 1 N–H and O–H groups in total. The summed E-state index contributed by atoms with van der Waals surface area (Å²) in [6.07, 6.45) is 4.26. The first kappa shape index (κ1) is 21.6. The maximum Gasteiger partial charge on any atom is 0.266 e. The Hall–Kier alpha value is -2.61. The zero-order chi connectivity index (χ0) is 22.0. The molecule has 4 rings (SSSR count). The number of carbonyl (C=O) groups is 1. The third-order valence-electron chi connectivity index (χ3n) is 6.19. The number of amides is 1. The second kappa shape index (κ2) is 8.86. The Morgan fingerprint density at radius 1 is 1.16 bits per heavy atom. The van der Waals surface area contributed by atoms with Gasteiger partial charge in [-0.1, -0.05) is 18.2 Å². The van der Waals surface area contributed by atoms with E-state index in [1.54, 1.807) is 31.4 Å². The smallest absolute Gasteiger partial charge is 0.266 e. The molecule has 2 aliphatic rings. The summed E-state index contributed by atoms with van der Waals surface area (Å²) in [4.78, 5) is 18.8. The molecule has 2 heterocycles. The number of halogens is 3. The third kappa shape index (κ3) is 4.69. The topological polar surface area (TPSA) is 54.5 Å². The Kier molecular flexibility index (Phi) is 6.18. The van der Waals surface area contributed by atoms with Gasteiger partial charge < -0.3 is 15.0 Å². The maximum absolute atomic E-state index is 14.6. The van der Waals surface area contributed by atoms with Gasteiger partial charge in [0.2, 0.25) is 5.91 Å². The van der Waals surface area contributed by atoms with Crippen molar-refractivity contribution in [2.45, 2.75) is 44.1 Å². The number of ether oxygens (including phenoxy) is 1. The Morgan fingerprint density at radius 3 is 2.55 bits per heavy atom. The molecule has 8 heteroatoms. The maximum atomic E-state index is 14.6. The van der Waals surface area contributed by atoms with Crippen LogP contribution >= 0.6 is 0 Å². The fourth-order valence-corrected chi connectivity index (χ4v) is 4.42. The van der Waals surface area contributed by atoms with Crippen LogP contribution in [0.15, 0.2) is 36.5 Å². The fourth-order valence-electron chi connectivity index (χ4n) is 4.42. The van der Waals surface area contributed by atoms with Crippen molar-refractivity contribution < 1.29 is 22.7 Å². The molecule has 1 aromatic heterocycles. The molecule has 0 unspecified atom stereocenters. The fraction of sp³-hybridized carbons (Fsp3) is 0.478. The van der Waals surface area contributed by atoms with Gasteiger partial charge in [0.05, 0.1) is 18.3 Å². The molecule has 1 saturated heterocycles. The van der Waals surface area contributed by atoms with Crippen molar-refractivity contribution in [3.05, 3.63) is 42.3 Å². The molecule has 1 aromatic carbocycles. The van der Waals surface area contributed by atoms with Gasteiger partial charge in [0.1, 0.15) is 5.82 Å². The minimum absolute atomic E-state index is 0.114. The third-order valence-corrected chi connectivity index (χ3v) is 6.19. The quantitative estimate of drug-likeness (QED) is 0.731. The number of nitrogens with zero attached hydrogens (tertiary/aromatic N) is 2. The Bertz CT molecular complexity index is 945. The Morgan fingerprint density at radius 2 is 1.90 bits per heavy atom. The highest BCUT2D eigenvalue weighted by molar-refractivity contribution is 6.00. The standard InChI is InChI=1S/C23H26F3N3O2/c1-31-16-8-6-15(7-9-16)22(30)28-20-18(17-4-2-3-5-19(17)24)10-12-27-21(20)29-13-11-23(25,26)14-29/h2-5,10,12,15-16H,6-9,11,13-14H2,1H3,(H,28,30)/t15-,16-. The Balaban J connectivity index is 1.68. The number of benzene rings is 1. The van der Waals surface area contributed by atoms with Crippen LogP contribution in [0.3, 0.4) is 0 Å². The van der Waals surface area contributed by atoms with Crippen molar-refractivity contribution >= 4 is 17.4 Å². The molecule has 0 radical (unpaired) electrons. The summed E-state index contributed by atoms with van der Waals surface area (Å²) >= 11 is 0. The molecule has 5 nitrogen and oxygen atoms in total. The number of rotatable bonds is 5. The second-order valence-corrected chi connectivity index (χ2v) is 8.26. The molecule has 166 valence electrons. The minimum atomic E-state index is -2.82. The van der Waals surface area contributed by atoms with E-state index in [9.17, 15) is 18.0 Å². The van der Waals surface area contributed by atoms with E-state index in [1.165, 1.54) is 17.2 Å². The predicted octanol–water partition coefficient (Wildman–Crippen LogP) is 4.88. The average Bonchev–Trinajstić information content (AvgIpc) is 3.14. The predicted molar refractivity (Wildman–Crippen MR) is 113 cm³/mol. The van der Waals surface area contributed by atoms with Gasteiger partial charge in [-0.15, -0.1) is 0 Å². The molecule has 1 amide bonds. The first-order valence-corrected chi connectivity index (χ1v) is 10.6. The van der Waals surface area contributed by atoms with Gasteiger partial charge in [0, 0.05) is 43.3 Å². The van der Waals surface area contributed by atoms with Gasteiger partial charge in [0.25, 0.3) is 5.92 Å². The number of hydrogen-bond donors (Lipinski definition) is 1. The summed E-state index contributed by atoms with van der Waals surface area (Å²) in [5.74, 6) is -3.45. The van der Waals surface area contributed by atoms with Crippen LogP contribution in [0, 0.1) is 11.7 Å². The number of carbonyl (C=O) groups excluding carboxylic acids is 1. The number of nitrogens with one attached hydrogen (secondary N) is 1. The van der Waals surface area contributed by atoms with Crippen LogP contribution in [-0.2, 0) is 9.53 Å². The molecule has 1 saturated carbocycles. The van der Waals surface area contributed by atoms with E-state index < -0.39 is 18.3 Å². The zero-order valence-corrected chi connectivity index (χ0v) is 17.4. The zero-order valence-electron chi connectivity index (χ0n) is 17.4. The second-order valence-electron chi connectivity index (χ2n) is 8.26. The Labute approximate surface area is 179 Å². The van der Waals surface area contributed by atoms with E-state index in [2.05, 4.69) is 10.3 Å². The van der Waals surface area contributed by atoms with Crippen molar-refractivity contribution in [1.29, 1.82) is 0 Å². The van der Waals surface area contributed by atoms with Crippen molar-refractivity contribution in [1.82, 2.24) is 4.98 Å². The summed E-state index contributed by atoms with van der Waals surface area (Å²) in [7, 11) is 1.67. The monoisotopic (exact) mass is 433 g/mol. The molecule has 1 aliphatic carbocycles. The van der Waals surface area contributed by atoms with Gasteiger partial charge in [-0.25, -0.2) is 18.2 Å². The lowest BCUT2D eigenvalue weighted by Crippen LogP contribution is -2.31. The lowest BCUT2D eigenvalue weighted by Gasteiger charge is -2.28. The van der Waals surface area contributed by atoms with Gasteiger partial charge in [0.15, 0.2) is 5.82 Å². The highest BCUT2D eigenvalue weighted by Gasteiger charge is 2.40. The molecule has 2 aromatic rings. The van der Waals surface area contributed by atoms with Gasteiger partial charge in [-0.05, 0) is 37.8 Å². The van der Waals surface area contributed by atoms with Crippen LogP contribution in [-0.4, -0.2) is 43.1 Å². The lowest BCUT2D eigenvalue weighted by molar-refractivity contribution is -0.121. The molecule has 1 aliphatic heterocycles. The lowest BCUT2D eigenvalue weighted by atomic mass is 9.86. The summed E-state index contributed by atoms with van der Waals surface area (Å²) in [6, 6.07) is 7.81. The van der Waals surface area contributed by atoms with Gasteiger partial charge >= 0.3 is 0 Å². The van der Waals surface area contributed by atoms with Gasteiger partial charge in [-0.3, -0.25) is 4.79 Å². The molecule has 31 heavy (non-hydrogen) atoms. The van der Waals surface area contributed by atoms with Crippen LogP contribution in [0.1, 0.15) is 32.1 Å². The number of anilines is 2. The van der Waals surface area contributed by atoms with Crippen LogP contribution < -0.4 is 10.2 Å². The number of alkyl halides is 2. The first-order chi connectivity index (χ1) is 14.9. The molecular formula is C23H26F3N3O2. The molecule has 0 atom stereocenters. The van der Waals surface area contributed by atoms with Crippen LogP contribution in [0.4, 0.5) is 24.7 Å². The summed E-state index contributed by atoms with van der Waals surface area (Å²) in [6.45, 7) is -0.370. The largest absolute Gasteiger partial charge is 0.381 e. The summed E-state index contributed by atoms with van der Waals surface area (Å²) in [5.41, 5.74) is 0.997. The molecule has 0 spiro atoms. The van der Waals surface area contributed by atoms with E-state index in [-0.39, 0.29) is 48.0 Å². The van der Waals surface area contributed by atoms with Gasteiger partial charge in [-0.2, -0.15) is 0 Å². The number of hydrogen-bond acceptors (Lipinski definition) is 4.